The molecule has 2 rings (SSSR count). The lowest BCUT2D eigenvalue weighted by Gasteiger charge is -2.41. The fourth-order valence-electron chi connectivity index (χ4n) is 7.55. The van der Waals surface area contributed by atoms with Crippen LogP contribution in [0.1, 0.15) is 171 Å². The molecule has 0 spiro atoms. The predicted octanol–water partition coefficient (Wildman–Crippen LogP) is 10.7. The van der Waals surface area contributed by atoms with Gasteiger partial charge in [0.15, 0.2) is 0 Å². The summed E-state index contributed by atoms with van der Waals surface area (Å²) in [6, 6.07) is 0. The Kier molecular flexibility index (Phi) is 32.7. The van der Waals surface area contributed by atoms with Gasteiger partial charge >= 0.3 is 0 Å². The molecule has 13 heteroatoms. The number of hydrogen-bond donors (Lipinski definition) is 0. The molecular weight excluding hydrogens is 821 g/mol. The predicted molar refractivity (Wildman–Crippen MR) is 262 cm³/mol. The Hall–Kier alpha value is -0.520. The molecule has 0 aromatic heterocycles. The third-order valence-corrected chi connectivity index (χ3v) is 8.43. The van der Waals surface area contributed by atoms with Gasteiger partial charge in [0.25, 0.3) is 0 Å². The number of hydrogen-bond acceptors (Lipinski definition) is 13. The summed E-state index contributed by atoms with van der Waals surface area (Å²) in [6.07, 6.45) is 3.89. The minimum absolute atomic E-state index is 0.0356. The summed E-state index contributed by atoms with van der Waals surface area (Å²) in [5.41, 5.74) is -1.44. The molecule has 0 aromatic rings. The first-order chi connectivity index (χ1) is 28.8. The molecule has 0 bridgehead atoms. The van der Waals surface area contributed by atoms with Gasteiger partial charge in [0.05, 0.1) is 96.7 Å². The Morgan fingerprint density at radius 3 is 1.09 bits per heavy atom. The van der Waals surface area contributed by atoms with E-state index in [9.17, 15) is 0 Å². The van der Waals surface area contributed by atoms with Crippen molar-refractivity contribution in [3.05, 3.63) is 0 Å². The highest BCUT2D eigenvalue weighted by Gasteiger charge is 2.38. The molecule has 13 nitrogen and oxygen atoms in total. The minimum atomic E-state index is -0.359. The summed E-state index contributed by atoms with van der Waals surface area (Å²) in [5.74, 6) is 0. The van der Waals surface area contributed by atoms with Crippen molar-refractivity contribution in [2.75, 3.05) is 108 Å². The Bertz CT molecular complexity index is 1100. The molecule has 0 aromatic carbocycles. The van der Waals surface area contributed by atoms with Crippen LogP contribution < -0.4 is 0 Å². The third kappa shape index (κ3) is 42.8. The first-order valence-electron chi connectivity index (χ1n) is 23.4. The highest BCUT2D eigenvalue weighted by atomic mass is 16.6. The quantitative estimate of drug-likeness (QED) is 0.121. The van der Waals surface area contributed by atoms with E-state index in [0.717, 1.165) is 52.1 Å². The van der Waals surface area contributed by atoms with Crippen molar-refractivity contribution >= 4 is 0 Å². The average molecular weight is 929 g/mol. The average Bonchev–Trinajstić information content (AvgIpc) is 3.04. The monoisotopic (exact) mass is 929 g/mol. The van der Waals surface area contributed by atoms with Gasteiger partial charge in [0.2, 0.25) is 0 Å². The van der Waals surface area contributed by atoms with Gasteiger partial charge in [-0.1, -0.05) is 0 Å². The fraction of sp³-hybridized carbons (Fsp3) is 1.00. The summed E-state index contributed by atoms with van der Waals surface area (Å²) in [4.78, 5) is 0. The normalized spacial score (nSPS) is 17.3. The van der Waals surface area contributed by atoms with Crippen molar-refractivity contribution in [3.8, 4) is 0 Å². The van der Waals surface area contributed by atoms with E-state index in [1.165, 1.54) is 0 Å². The molecule has 0 N–H and O–H groups in total. The van der Waals surface area contributed by atoms with Crippen LogP contribution in [0.25, 0.3) is 0 Å². The lowest BCUT2D eigenvalue weighted by atomic mass is 9.93. The van der Waals surface area contributed by atoms with Crippen molar-refractivity contribution in [3.63, 3.8) is 0 Å². The van der Waals surface area contributed by atoms with Crippen LogP contribution in [-0.4, -0.2) is 164 Å². The molecule has 0 atom stereocenters. The summed E-state index contributed by atoms with van der Waals surface area (Å²) in [6.45, 7) is 50.7. The van der Waals surface area contributed by atoms with Crippen molar-refractivity contribution in [2.45, 2.75) is 227 Å². The zero-order valence-electron chi connectivity index (χ0n) is 46.9. The molecule has 0 unspecified atom stereocenters. The summed E-state index contributed by atoms with van der Waals surface area (Å²) in [5, 5.41) is 0. The van der Waals surface area contributed by atoms with Gasteiger partial charge in [-0.05, 0) is 158 Å². The maximum Gasteiger partial charge on any atom is 0.112 e. The lowest BCUT2D eigenvalue weighted by Crippen LogP contribution is -2.47. The van der Waals surface area contributed by atoms with Gasteiger partial charge in [-0.25, -0.2) is 0 Å². The van der Waals surface area contributed by atoms with Crippen LogP contribution in [0, 0.1) is 0 Å². The SMILES string of the molecule is CC(C)(C)OC1(C)CCOCC1.COCC(C)(C)OC(C)(C)C.COCC(C)(COC)OC(C)(C)C.COCC1(OC(C)(C)C)CCOCC1.COCCOCC(C)(C)OC(C)(C)C. The van der Waals surface area contributed by atoms with Crippen LogP contribution in [0.3, 0.4) is 0 Å². The number of rotatable bonds is 18. The van der Waals surface area contributed by atoms with Gasteiger partial charge < -0.3 is 61.6 Å². The van der Waals surface area contributed by atoms with E-state index in [1.807, 2.05) is 96.9 Å². The Morgan fingerprint density at radius 1 is 0.391 bits per heavy atom. The molecule has 2 heterocycles. The molecule has 2 fully saturated rings. The van der Waals surface area contributed by atoms with E-state index in [0.29, 0.717) is 46.2 Å². The summed E-state index contributed by atoms with van der Waals surface area (Å²) in [7, 11) is 8.41. The van der Waals surface area contributed by atoms with E-state index >= 15 is 0 Å². The van der Waals surface area contributed by atoms with Gasteiger partial charge in [-0.3, -0.25) is 0 Å². The maximum absolute atomic E-state index is 6.10. The first-order valence-corrected chi connectivity index (χ1v) is 23.4. The third-order valence-electron chi connectivity index (χ3n) is 8.43. The van der Waals surface area contributed by atoms with Crippen LogP contribution in [0.15, 0.2) is 0 Å². The molecule has 0 saturated carbocycles. The summed E-state index contributed by atoms with van der Waals surface area (Å²) < 4.78 is 71.0. The molecular formula is C51H108O13. The molecule has 0 amide bonds. The van der Waals surface area contributed by atoms with Crippen molar-refractivity contribution in [1.29, 1.82) is 0 Å². The molecule has 2 saturated heterocycles. The van der Waals surface area contributed by atoms with Gasteiger partial charge in [0.1, 0.15) is 5.60 Å². The topological polar surface area (TPSA) is 120 Å². The second-order valence-corrected chi connectivity index (χ2v) is 23.7. The Balaban J connectivity index is -0.000000729. The number of ether oxygens (including phenoxy) is 13. The van der Waals surface area contributed by atoms with Crippen molar-refractivity contribution < 1.29 is 61.6 Å². The van der Waals surface area contributed by atoms with Crippen LogP contribution in [0.5, 0.6) is 0 Å². The van der Waals surface area contributed by atoms with Crippen LogP contribution in [-0.2, 0) is 61.6 Å². The van der Waals surface area contributed by atoms with E-state index in [4.69, 9.17) is 61.6 Å². The van der Waals surface area contributed by atoms with E-state index in [-0.39, 0.29) is 56.0 Å². The second-order valence-electron chi connectivity index (χ2n) is 23.7. The molecule has 390 valence electrons. The van der Waals surface area contributed by atoms with Crippen molar-refractivity contribution in [2.24, 2.45) is 0 Å². The van der Waals surface area contributed by atoms with Gasteiger partial charge in [0, 0.05) is 74.8 Å². The van der Waals surface area contributed by atoms with E-state index in [1.54, 1.807) is 35.5 Å². The van der Waals surface area contributed by atoms with Crippen molar-refractivity contribution in [1.82, 2.24) is 0 Å². The van der Waals surface area contributed by atoms with Crippen LogP contribution >= 0.6 is 0 Å². The standard InChI is InChI=1S/C11H22O3.C11H24O3.C10H22O3.C10H20O2.C9H20O2/c1-10(2,3)14-11(9-12-4)5-7-13-8-6-11;1-10(2,3)14-11(4,5)9-13-8-7-12-6;1-9(2,3)13-10(4,7-11-5)8-12-6;1-9(2,3)12-10(4)5-7-11-8-6-10;1-8(2,3)11-9(4,5)7-10-6/h5-9H2,1-4H3;7-9H2,1-6H3;7-8H2,1-6H3;5-8H2,1-4H3;7H2,1-6H3. The maximum atomic E-state index is 6.10. The molecule has 2 aliphatic heterocycles. The van der Waals surface area contributed by atoms with Gasteiger partial charge in [-0.15, -0.1) is 0 Å². The largest absolute Gasteiger partial charge is 0.382 e. The smallest absolute Gasteiger partial charge is 0.112 e. The zero-order chi connectivity index (χ0) is 50.8. The van der Waals surface area contributed by atoms with Crippen LogP contribution in [0.4, 0.5) is 0 Å². The zero-order valence-corrected chi connectivity index (χ0v) is 46.9. The Morgan fingerprint density at radius 2 is 0.766 bits per heavy atom. The van der Waals surface area contributed by atoms with E-state index in [2.05, 4.69) is 48.5 Å². The number of methoxy groups -OCH3 is 5. The molecule has 0 aliphatic carbocycles. The molecule has 0 radical (unpaired) electrons. The lowest BCUT2D eigenvalue weighted by molar-refractivity contribution is -0.191. The van der Waals surface area contributed by atoms with Gasteiger partial charge in [-0.2, -0.15) is 0 Å². The highest BCUT2D eigenvalue weighted by molar-refractivity contribution is 4.86. The minimum Gasteiger partial charge on any atom is -0.382 e. The van der Waals surface area contributed by atoms with Crippen LogP contribution in [0.2, 0.25) is 0 Å². The molecule has 2 aliphatic rings. The highest BCUT2D eigenvalue weighted by Crippen LogP contribution is 2.31. The second kappa shape index (κ2) is 30.9. The molecule has 64 heavy (non-hydrogen) atoms. The fourth-order valence-corrected chi connectivity index (χ4v) is 7.55. The first kappa shape index (κ1) is 67.7. The Labute approximate surface area is 395 Å². The van der Waals surface area contributed by atoms with E-state index < -0.39 is 0 Å². The summed E-state index contributed by atoms with van der Waals surface area (Å²) >= 11 is 0.